The first-order valence-corrected chi connectivity index (χ1v) is 16.6. The first kappa shape index (κ1) is 32.2. The molecule has 3 aromatic rings. The Kier molecular flexibility index (Phi) is 10.2. The fourth-order valence-electron chi connectivity index (χ4n) is 7.63. The maximum Gasteiger partial charge on any atom is 0.321 e. The number of aliphatic carboxylic acids is 1. The fraction of sp³-hybridized carbons (Fsp3) is 0.568. The number of carboxylic acid groups (broad SMARTS) is 1. The predicted molar refractivity (Wildman–Crippen MR) is 177 cm³/mol. The molecule has 0 spiro atoms. The Hall–Kier alpha value is -3.16. The Bertz CT molecular complexity index is 1380. The summed E-state index contributed by atoms with van der Waals surface area (Å²) in [6.45, 7) is 18.8. The van der Waals surface area contributed by atoms with Crippen molar-refractivity contribution in [1.82, 2.24) is 19.6 Å². The maximum absolute atomic E-state index is 12.4. The molecule has 3 heterocycles. The summed E-state index contributed by atoms with van der Waals surface area (Å²) in [5.41, 5.74) is 6.03. The normalized spacial score (nSPS) is 21.0. The lowest BCUT2D eigenvalue weighted by Crippen LogP contribution is -2.48. The molecule has 44 heavy (non-hydrogen) atoms. The van der Waals surface area contributed by atoms with Crippen LogP contribution in [0.4, 0.5) is 0 Å². The largest absolute Gasteiger partial charge is 0.494 e. The molecular weight excluding hydrogens is 548 g/mol. The summed E-state index contributed by atoms with van der Waals surface area (Å²) in [7, 11) is 0. The Morgan fingerprint density at radius 1 is 1.05 bits per heavy atom. The molecule has 7 nitrogen and oxygen atoms in total. The van der Waals surface area contributed by atoms with Crippen molar-refractivity contribution in [3.63, 3.8) is 0 Å². The van der Waals surface area contributed by atoms with Crippen molar-refractivity contribution in [2.24, 2.45) is 11.3 Å². The second-order valence-corrected chi connectivity index (χ2v) is 14.0. The zero-order valence-corrected chi connectivity index (χ0v) is 27.6. The lowest BCUT2D eigenvalue weighted by molar-refractivity contribution is -0.147. The van der Waals surface area contributed by atoms with Gasteiger partial charge < -0.3 is 14.7 Å². The molecule has 0 aliphatic carbocycles. The number of hydrogen-bond donors (Lipinski definition) is 1. The minimum atomic E-state index is -0.712. The number of aromatic nitrogens is 2. The number of nitrogens with zero attached hydrogens (tertiary/aromatic N) is 4. The van der Waals surface area contributed by atoms with Gasteiger partial charge in [-0.1, -0.05) is 62.7 Å². The van der Waals surface area contributed by atoms with Crippen molar-refractivity contribution >= 4 is 5.97 Å². The summed E-state index contributed by atoms with van der Waals surface area (Å²) < 4.78 is 7.82. The van der Waals surface area contributed by atoms with Crippen LogP contribution >= 0.6 is 0 Å². The van der Waals surface area contributed by atoms with E-state index >= 15 is 0 Å². The molecule has 0 saturated carbocycles. The summed E-state index contributed by atoms with van der Waals surface area (Å²) in [5, 5.41) is 15.2. The minimum absolute atomic E-state index is 0.329. The molecule has 5 rings (SSSR count). The van der Waals surface area contributed by atoms with Gasteiger partial charge in [0.15, 0.2) is 0 Å². The highest BCUT2D eigenvalue weighted by atomic mass is 16.5. The monoisotopic (exact) mass is 600 g/mol. The number of rotatable bonds is 11. The number of piperidine rings is 1. The topological polar surface area (TPSA) is 70.8 Å². The minimum Gasteiger partial charge on any atom is -0.494 e. The van der Waals surface area contributed by atoms with Crippen LogP contribution in [-0.4, -0.2) is 76.0 Å². The zero-order valence-electron chi connectivity index (χ0n) is 27.6. The van der Waals surface area contributed by atoms with Crippen LogP contribution in [0.2, 0.25) is 0 Å². The van der Waals surface area contributed by atoms with E-state index in [1.165, 1.54) is 22.4 Å². The number of carboxylic acids is 1. The van der Waals surface area contributed by atoms with E-state index in [2.05, 4.69) is 91.6 Å². The van der Waals surface area contributed by atoms with Crippen LogP contribution in [0.3, 0.4) is 0 Å². The average molecular weight is 601 g/mol. The number of hydrogen-bond acceptors (Lipinski definition) is 5. The molecule has 3 unspecified atom stereocenters. The van der Waals surface area contributed by atoms with Crippen LogP contribution in [0.1, 0.15) is 87.4 Å². The number of aryl methyl sites for hydroxylation is 2. The zero-order chi connectivity index (χ0) is 31.4. The SMILES string of the molecule is CCOc1ccc(Cc2cc(C3CCN(CC4CN(C(C(=O)O)C(C)(C)C)CC4c4cccc(C)c4)CC3)n(CC)n2)cc1. The van der Waals surface area contributed by atoms with E-state index in [1.807, 2.05) is 19.1 Å². The van der Waals surface area contributed by atoms with Crippen LogP contribution in [0.15, 0.2) is 54.6 Å². The Balaban J connectivity index is 1.25. The maximum atomic E-state index is 12.4. The van der Waals surface area contributed by atoms with Crippen molar-refractivity contribution < 1.29 is 14.6 Å². The van der Waals surface area contributed by atoms with Crippen LogP contribution in [0.5, 0.6) is 5.75 Å². The quantitative estimate of drug-likeness (QED) is 0.268. The van der Waals surface area contributed by atoms with Crippen LogP contribution < -0.4 is 4.74 Å². The van der Waals surface area contributed by atoms with E-state index in [-0.39, 0.29) is 5.41 Å². The van der Waals surface area contributed by atoms with Crippen molar-refractivity contribution in [2.75, 3.05) is 39.3 Å². The smallest absolute Gasteiger partial charge is 0.321 e. The number of benzene rings is 2. The summed E-state index contributed by atoms with van der Waals surface area (Å²) >= 11 is 0. The molecule has 2 fully saturated rings. The van der Waals surface area contributed by atoms with E-state index in [0.717, 1.165) is 70.0 Å². The second kappa shape index (κ2) is 13.9. The van der Waals surface area contributed by atoms with Gasteiger partial charge in [0.2, 0.25) is 0 Å². The third-order valence-electron chi connectivity index (χ3n) is 9.64. The number of ether oxygens (including phenoxy) is 1. The van der Waals surface area contributed by atoms with Gasteiger partial charge in [0.25, 0.3) is 0 Å². The van der Waals surface area contributed by atoms with E-state index in [0.29, 0.717) is 24.4 Å². The first-order valence-electron chi connectivity index (χ1n) is 16.6. The average Bonchev–Trinajstić information content (AvgIpc) is 3.57. The summed E-state index contributed by atoms with van der Waals surface area (Å²) in [5.74, 6) is 1.45. The van der Waals surface area contributed by atoms with Gasteiger partial charge >= 0.3 is 5.97 Å². The molecule has 0 amide bonds. The molecule has 238 valence electrons. The molecule has 2 aliphatic heterocycles. The number of carbonyl (C=O) groups is 1. The Labute approximate surface area is 264 Å². The molecule has 1 N–H and O–H groups in total. The fourth-order valence-corrected chi connectivity index (χ4v) is 7.63. The van der Waals surface area contributed by atoms with Crippen molar-refractivity contribution in [3.05, 3.63) is 82.7 Å². The van der Waals surface area contributed by atoms with Gasteiger partial charge in [-0.25, -0.2) is 0 Å². The van der Waals surface area contributed by atoms with E-state index < -0.39 is 12.0 Å². The van der Waals surface area contributed by atoms with Gasteiger partial charge in [0.05, 0.1) is 12.3 Å². The highest BCUT2D eigenvalue weighted by molar-refractivity contribution is 5.74. The third kappa shape index (κ3) is 7.55. The first-order chi connectivity index (χ1) is 21.0. The van der Waals surface area contributed by atoms with E-state index in [9.17, 15) is 9.90 Å². The van der Waals surface area contributed by atoms with Gasteiger partial charge in [0, 0.05) is 50.1 Å². The molecule has 2 aromatic carbocycles. The molecule has 2 saturated heterocycles. The molecule has 0 radical (unpaired) electrons. The lowest BCUT2D eigenvalue weighted by atomic mass is 9.85. The van der Waals surface area contributed by atoms with Crippen LogP contribution in [0.25, 0.3) is 0 Å². The van der Waals surface area contributed by atoms with Gasteiger partial charge in [-0.3, -0.25) is 14.4 Å². The Morgan fingerprint density at radius 3 is 2.39 bits per heavy atom. The third-order valence-corrected chi connectivity index (χ3v) is 9.64. The predicted octanol–water partition coefficient (Wildman–Crippen LogP) is 6.60. The Morgan fingerprint density at radius 2 is 1.77 bits per heavy atom. The van der Waals surface area contributed by atoms with Crippen molar-refractivity contribution in [3.8, 4) is 5.75 Å². The summed E-state index contributed by atoms with van der Waals surface area (Å²) in [4.78, 5) is 17.3. The summed E-state index contributed by atoms with van der Waals surface area (Å²) in [6, 6.07) is 19.1. The molecular formula is C37H52N4O3. The van der Waals surface area contributed by atoms with Crippen LogP contribution in [-0.2, 0) is 17.8 Å². The molecule has 0 bridgehead atoms. The van der Waals surface area contributed by atoms with Gasteiger partial charge in [-0.2, -0.15) is 5.10 Å². The molecule has 7 heteroatoms. The molecule has 1 aromatic heterocycles. The van der Waals surface area contributed by atoms with Crippen molar-refractivity contribution in [1.29, 1.82) is 0 Å². The highest BCUT2D eigenvalue weighted by Gasteiger charge is 2.44. The standard InChI is InChI=1S/C37H52N4O3/c1-7-41-34(22-31(38-41)21-27-12-14-32(15-13-27)44-8-2)28-16-18-39(19-17-28)23-30-24-40(35(36(42)43)37(4,5)6)25-33(30)29-11-9-10-26(3)20-29/h9-15,20,22,28,30,33,35H,7-8,16-19,21,23-25H2,1-6H3,(H,42,43). The highest BCUT2D eigenvalue weighted by Crippen LogP contribution is 2.39. The number of likely N-dealkylation sites (tertiary alicyclic amines) is 2. The van der Waals surface area contributed by atoms with E-state index in [1.54, 1.807) is 0 Å². The lowest BCUT2D eigenvalue weighted by Gasteiger charge is -2.36. The van der Waals surface area contributed by atoms with Crippen molar-refractivity contribution in [2.45, 2.75) is 85.2 Å². The molecule has 3 atom stereocenters. The van der Waals surface area contributed by atoms with Gasteiger partial charge in [0.1, 0.15) is 11.8 Å². The molecule has 2 aliphatic rings. The second-order valence-electron chi connectivity index (χ2n) is 14.0. The summed E-state index contributed by atoms with van der Waals surface area (Å²) in [6.07, 6.45) is 3.08. The van der Waals surface area contributed by atoms with Gasteiger partial charge in [-0.15, -0.1) is 0 Å². The van der Waals surface area contributed by atoms with E-state index in [4.69, 9.17) is 9.84 Å². The van der Waals surface area contributed by atoms with Crippen LogP contribution in [0, 0.1) is 18.3 Å². The van der Waals surface area contributed by atoms with Gasteiger partial charge in [-0.05, 0) is 87.4 Å².